The predicted molar refractivity (Wildman–Crippen MR) is 88.0 cm³/mol. The van der Waals surface area contributed by atoms with Crippen LogP contribution in [0.3, 0.4) is 0 Å². The molecule has 0 bridgehead atoms. The normalized spacial score (nSPS) is 10.9. The first-order valence-corrected chi connectivity index (χ1v) is 8.23. The largest absolute Gasteiger partial charge is 0.337 e. The van der Waals surface area contributed by atoms with Gasteiger partial charge in [0, 0.05) is 29.9 Å². The molecule has 114 valence electrons. The molecule has 0 fully saturated rings. The van der Waals surface area contributed by atoms with Crippen molar-refractivity contribution in [3.63, 3.8) is 0 Å². The first kappa shape index (κ1) is 14.7. The average Bonchev–Trinajstić information content (AvgIpc) is 3.19. The number of aryl methyl sites for hydroxylation is 2. The van der Waals surface area contributed by atoms with Gasteiger partial charge in [-0.3, -0.25) is 4.79 Å². The van der Waals surface area contributed by atoms with Crippen LogP contribution in [0.5, 0.6) is 0 Å². The highest BCUT2D eigenvalue weighted by atomic mass is 32.1. The van der Waals surface area contributed by atoms with Crippen molar-refractivity contribution in [3.8, 4) is 10.6 Å². The molecular weight excluding hydrogens is 296 g/mol. The Hall–Kier alpha value is -2.21. The summed E-state index contributed by atoms with van der Waals surface area (Å²) in [5, 5.41) is 6.54. The molecule has 0 atom stereocenters. The van der Waals surface area contributed by atoms with Crippen molar-refractivity contribution in [2.24, 2.45) is 0 Å². The number of aromatic amines is 1. The molecule has 0 aliphatic heterocycles. The zero-order chi connectivity index (χ0) is 15.2. The molecule has 5 nitrogen and oxygen atoms in total. The van der Waals surface area contributed by atoms with Crippen LogP contribution in [-0.2, 0) is 13.0 Å². The highest BCUT2D eigenvalue weighted by Crippen LogP contribution is 2.26. The maximum absolute atomic E-state index is 11.0. The molecule has 1 N–H and O–H groups in total. The molecule has 3 heterocycles. The summed E-state index contributed by atoms with van der Waals surface area (Å²) >= 11 is 1.75. The third-order valence-corrected chi connectivity index (χ3v) is 4.66. The molecule has 3 rings (SSSR count). The van der Waals surface area contributed by atoms with E-state index in [4.69, 9.17) is 0 Å². The van der Waals surface area contributed by atoms with E-state index in [0.717, 1.165) is 23.5 Å². The molecule has 3 aromatic heterocycles. The molecule has 6 heteroatoms. The molecule has 0 radical (unpaired) electrons. The molecular formula is C16H18N4OS. The van der Waals surface area contributed by atoms with Crippen LogP contribution in [0.15, 0.2) is 47.8 Å². The predicted octanol–water partition coefficient (Wildman–Crippen LogP) is 3.11. The number of hydrogen-bond acceptors (Lipinski definition) is 4. The van der Waals surface area contributed by atoms with Crippen molar-refractivity contribution >= 4 is 11.3 Å². The first-order valence-electron chi connectivity index (χ1n) is 7.42. The lowest BCUT2D eigenvalue weighted by Crippen LogP contribution is -2.05. The van der Waals surface area contributed by atoms with Crippen LogP contribution >= 0.6 is 11.3 Å². The first-order chi connectivity index (χ1) is 10.8. The van der Waals surface area contributed by atoms with E-state index < -0.39 is 0 Å². The topological polar surface area (TPSA) is 63.6 Å². The maximum atomic E-state index is 11.0. The Morgan fingerprint density at radius 2 is 2.09 bits per heavy atom. The number of nitrogens with one attached hydrogen (secondary N) is 1. The van der Waals surface area contributed by atoms with Gasteiger partial charge in [0.2, 0.25) is 0 Å². The SMILES string of the molecule is O=c1ccc(-c2ccc(CCCCCn3ccnc3)s2)n[nH]1. The van der Waals surface area contributed by atoms with Gasteiger partial charge in [0.15, 0.2) is 0 Å². The van der Waals surface area contributed by atoms with Crippen LogP contribution in [0.2, 0.25) is 0 Å². The fraction of sp³-hybridized carbons (Fsp3) is 0.312. The lowest BCUT2D eigenvalue weighted by Gasteiger charge is -2.01. The second kappa shape index (κ2) is 7.17. The Labute approximate surface area is 132 Å². The van der Waals surface area contributed by atoms with Crippen molar-refractivity contribution < 1.29 is 0 Å². The van der Waals surface area contributed by atoms with Crippen molar-refractivity contribution in [1.82, 2.24) is 19.7 Å². The number of hydrogen-bond donors (Lipinski definition) is 1. The fourth-order valence-electron chi connectivity index (χ4n) is 2.32. The Morgan fingerprint density at radius 1 is 1.14 bits per heavy atom. The van der Waals surface area contributed by atoms with Crippen LogP contribution in [0.1, 0.15) is 24.1 Å². The summed E-state index contributed by atoms with van der Waals surface area (Å²) in [4.78, 5) is 17.5. The number of thiophene rings is 1. The third-order valence-electron chi connectivity index (χ3n) is 3.49. The van der Waals surface area contributed by atoms with E-state index in [2.05, 4.69) is 31.9 Å². The summed E-state index contributed by atoms with van der Waals surface area (Å²) in [5.41, 5.74) is 0.661. The number of nitrogens with zero attached hydrogens (tertiary/aromatic N) is 3. The smallest absolute Gasteiger partial charge is 0.264 e. The lowest BCUT2D eigenvalue weighted by atomic mass is 10.1. The van der Waals surface area contributed by atoms with Crippen molar-refractivity contribution in [2.45, 2.75) is 32.2 Å². The van der Waals surface area contributed by atoms with Crippen LogP contribution in [0, 0.1) is 0 Å². The van der Waals surface area contributed by atoms with E-state index in [1.165, 1.54) is 30.2 Å². The molecule has 22 heavy (non-hydrogen) atoms. The standard InChI is InChI=1S/C16H18N4OS/c21-16-8-6-14(18-19-16)15-7-5-13(22-15)4-2-1-3-10-20-11-9-17-12-20/h5-9,11-12H,1-4,10H2,(H,19,21). The lowest BCUT2D eigenvalue weighted by molar-refractivity contribution is 0.588. The second-order valence-corrected chi connectivity index (χ2v) is 6.35. The molecule has 0 spiro atoms. The molecule has 0 aliphatic carbocycles. The summed E-state index contributed by atoms with van der Waals surface area (Å²) in [6.45, 7) is 1.04. The monoisotopic (exact) mass is 314 g/mol. The minimum Gasteiger partial charge on any atom is -0.337 e. The van der Waals surface area contributed by atoms with Crippen LogP contribution in [0.4, 0.5) is 0 Å². The van der Waals surface area contributed by atoms with Gasteiger partial charge in [0.1, 0.15) is 5.69 Å². The fourth-order valence-corrected chi connectivity index (χ4v) is 3.34. The summed E-state index contributed by atoms with van der Waals surface area (Å²) < 4.78 is 2.12. The van der Waals surface area contributed by atoms with E-state index in [1.807, 2.05) is 18.7 Å². The summed E-state index contributed by atoms with van der Waals surface area (Å²) in [6.07, 6.45) is 10.4. The van der Waals surface area contributed by atoms with Crippen molar-refractivity contribution in [2.75, 3.05) is 0 Å². The zero-order valence-electron chi connectivity index (χ0n) is 12.2. The second-order valence-electron chi connectivity index (χ2n) is 5.18. The number of aromatic nitrogens is 4. The Bertz CT molecular complexity index is 740. The van der Waals surface area contributed by atoms with Gasteiger partial charge < -0.3 is 4.57 Å². The van der Waals surface area contributed by atoms with Gasteiger partial charge in [0.25, 0.3) is 5.56 Å². The maximum Gasteiger partial charge on any atom is 0.264 e. The number of H-pyrrole nitrogens is 1. The molecule has 0 aliphatic rings. The molecule has 0 aromatic carbocycles. The minimum atomic E-state index is -0.168. The van der Waals surface area contributed by atoms with Gasteiger partial charge in [-0.25, -0.2) is 10.1 Å². The van der Waals surface area contributed by atoms with Gasteiger partial charge in [-0.05, 0) is 37.5 Å². The van der Waals surface area contributed by atoms with Crippen molar-refractivity contribution in [1.29, 1.82) is 0 Å². The quantitative estimate of drug-likeness (QED) is 0.682. The van der Waals surface area contributed by atoms with Gasteiger partial charge in [-0.1, -0.05) is 6.42 Å². The molecule has 3 aromatic rings. The van der Waals surface area contributed by atoms with Crippen LogP contribution < -0.4 is 5.56 Å². The Morgan fingerprint density at radius 3 is 2.86 bits per heavy atom. The zero-order valence-corrected chi connectivity index (χ0v) is 13.1. The summed E-state index contributed by atoms with van der Waals surface area (Å²) in [5.74, 6) is 0. The summed E-state index contributed by atoms with van der Waals surface area (Å²) in [6, 6.07) is 7.51. The summed E-state index contributed by atoms with van der Waals surface area (Å²) in [7, 11) is 0. The molecule has 0 saturated heterocycles. The van der Waals surface area contributed by atoms with E-state index in [9.17, 15) is 4.79 Å². The number of imidazole rings is 1. The minimum absolute atomic E-state index is 0.168. The van der Waals surface area contributed by atoms with Gasteiger partial charge in [-0.15, -0.1) is 11.3 Å². The van der Waals surface area contributed by atoms with E-state index >= 15 is 0 Å². The van der Waals surface area contributed by atoms with E-state index in [-0.39, 0.29) is 5.56 Å². The number of unbranched alkanes of at least 4 members (excludes halogenated alkanes) is 2. The van der Waals surface area contributed by atoms with Crippen molar-refractivity contribution in [3.05, 3.63) is 58.2 Å². The van der Waals surface area contributed by atoms with E-state index in [0.29, 0.717) is 0 Å². The molecule has 0 unspecified atom stereocenters. The number of rotatable bonds is 7. The van der Waals surface area contributed by atoms with E-state index in [1.54, 1.807) is 17.4 Å². The molecule has 0 amide bonds. The van der Waals surface area contributed by atoms with Gasteiger partial charge in [0.05, 0.1) is 11.2 Å². The van der Waals surface area contributed by atoms with Gasteiger partial charge >= 0.3 is 0 Å². The molecule has 0 saturated carbocycles. The average molecular weight is 314 g/mol. The van der Waals surface area contributed by atoms with Crippen LogP contribution in [0.25, 0.3) is 10.6 Å². The Balaban J connectivity index is 1.45. The van der Waals surface area contributed by atoms with Crippen LogP contribution in [-0.4, -0.2) is 19.7 Å². The highest BCUT2D eigenvalue weighted by molar-refractivity contribution is 7.15. The highest BCUT2D eigenvalue weighted by Gasteiger charge is 2.04. The Kier molecular flexibility index (Phi) is 4.80. The third kappa shape index (κ3) is 3.92. The van der Waals surface area contributed by atoms with Gasteiger partial charge in [-0.2, -0.15) is 5.10 Å².